The Labute approximate surface area is 179 Å². The van der Waals surface area contributed by atoms with Crippen LogP contribution in [0.2, 0.25) is 0 Å². The van der Waals surface area contributed by atoms with Crippen LogP contribution in [0.3, 0.4) is 0 Å². The molecule has 1 N–H and O–H groups in total. The molecule has 8 heteroatoms. The highest BCUT2D eigenvalue weighted by Gasteiger charge is 2.31. The van der Waals surface area contributed by atoms with Gasteiger partial charge in [0.05, 0.1) is 26.2 Å². The Bertz CT molecular complexity index is 1000. The summed E-state index contributed by atoms with van der Waals surface area (Å²) < 4.78 is 36.9. The molecule has 0 saturated carbocycles. The van der Waals surface area contributed by atoms with Crippen molar-refractivity contribution in [1.29, 1.82) is 0 Å². The second kappa shape index (κ2) is 9.84. The smallest absolute Gasteiger partial charge is 0.244 e. The van der Waals surface area contributed by atoms with Gasteiger partial charge < -0.3 is 14.8 Å². The zero-order chi connectivity index (χ0) is 22.5. The van der Waals surface area contributed by atoms with Gasteiger partial charge in [0.15, 0.2) is 11.5 Å². The van der Waals surface area contributed by atoms with E-state index in [2.05, 4.69) is 5.32 Å². The third-order valence-electron chi connectivity index (χ3n) is 4.99. The van der Waals surface area contributed by atoms with Crippen molar-refractivity contribution in [2.45, 2.75) is 39.8 Å². The van der Waals surface area contributed by atoms with Gasteiger partial charge in [-0.25, -0.2) is 8.42 Å². The van der Waals surface area contributed by atoms with Crippen molar-refractivity contribution in [3.05, 3.63) is 53.1 Å². The summed E-state index contributed by atoms with van der Waals surface area (Å²) in [6, 6.07) is 9.88. The SMILES string of the molecule is CC[C@@H](C(=O)NCc1ccc(OC)c(OC)c1)N(c1ccc(C)c(C)c1)S(C)(=O)=O. The van der Waals surface area contributed by atoms with Crippen LogP contribution < -0.4 is 19.1 Å². The number of nitrogens with one attached hydrogen (secondary N) is 1. The van der Waals surface area contributed by atoms with Crippen LogP contribution in [0.25, 0.3) is 0 Å². The van der Waals surface area contributed by atoms with Crippen molar-refractivity contribution in [3.63, 3.8) is 0 Å². The first-order chi connectivity index (χ1) is 14.1. The molecule has 1 amide bonds. The number of benzene rings is 2. The number of carbonyl (C=O) groups excluding carboxylic acids is 1. The molecule has 0 unspecified atom stereocenters. The van der Waals surface area contributed by atoms with Gasteiger partial charge in [-0.3, -0.25) is 9.10 Å². The van der Waals surface area contributed by atoms with E-state index >= 15 is 0 Å². The Hall–Kier alpha value is -2.74. The Morgan fingerprint density at radius 2 is 1.70 bits per heavy atom. The summed E-state index contributed by atoms with van der Waals surface area (Å²) in [5, 5.41) is 2.85. The number of aryl methyl sites for hydroxylation is 2. The highest BCUT2D eigenvalue weighted by atomic mass is 32.2. The Kier molecular flexibility index (Phi) is 7.72. The van der Waals surface area contributed by atoms with E-state index < -0.39 is 16.1 Å². The number of nitrogens with zero attached hydrogens (tertiary/aromatic N) is 1. The molecule has 1 atom stereocenters. The van der Waals surface area contributed by atoms with E-state index in [0.29, 0.717) is 23.6 Å². The van der Waals surface area contributed by atoms with E-state index in [0.717, 1.165) is 22.9 Å². The van der Waals surface area contributed by atoms with E-state index in [1.165, 1.54) is 4.31 Å². The molecular weight excluding hydrogens is 404 g/mol. The van der Waals surface area contributed by atoms with Gasteiger partial charge >= 0.3 is 0 Å². The number of rotatable bonds is 9. The van der Waals surface area contributed by atoms with Gasteiger partial charge in [-0.05, 0) is 61.2 Å². The summed E-state index contributed by atoms with van der Waals surface area (Å²) in [6.45, 7) is 5.90. The molecule has 0 fully saturated rings. The summed E-state index contributed by atoms with van der Waals surface area (Å²) in [5.41, 5.74) is 3.31. The van der Waals surface area contributed by atoms with Crippen LogP contribution in [-0.4, -0.2) is 40.8 Å². The van der Waals surface area contributed by atoms with Gasteiger partial charge in [-0.1, -0.05) is 19.1 Å². The van der Waals surface area contributed by atoms with Crippen LogP contribution in [0.15, 0.2) is 36.4 Å². The maximum absolute atomic E-state index is 13.0. The summed E-state index contributed by atoms with van der Waals surface area (Å²) in [5.74, 6) is 0.789. The van der Waals surface area contributed by atoms with Crippen molar-refractivity contribution in [3.8, 4) is 11.5 Å². The second-order valence-corrected chi connectivity index (χ2v) is 9.02. The Balaban J connectivity index is 2.27. The van der Waals surface area contributed by atoms with Crippen LogP contribution in [0, 0.1) is 13.8 Å². The fourth-order valence-electron chi connectivity index (χ4n) is 3.22. The predicted molar refractivity (Wildman–Crippen MR) is 119 cm³/mol. The number of hydrogen-bond donors (Lipinski definition) is 1. The maximum Gasteiger partial charge on any atom is 0.244 e. The number of ether oxygens (including phenoxy) is 2. The van der Waals surface area contributed by atoms with Gasteiger partial charge in [0.2, 0.25) is 15.9 Å². The molecule has 0 aromatic heterocycles. The van der Waals surface area contributed by atoms with Crippen LogP contribution in [-0.2, 0) is 21.4 Å². The molecule has 0 bridgehead atoms. The predicted octanol–water partition coefficient (Wildman–Crippen LogP) is 3.18. The van der Waals surface area contributed by atoms with Crippen LogP contribution in [0.4, 0.5) is 5.69 Å². The van der Waals surface area contributed by atoms with Crippen molar-refractivity contribution >= 4 is 21.6 Å². The van der Waals surface area contributed by atoms with Gasteiger partial charge in [-0.2, -0.15) is 0 Å². The first-order valence-electron chi connectivity index (χ1n) is 9.67. The molecule has 0 aliphatic carbocycles. The number of sulfonamides is 1. The minimum Gasteiger partial charge on any atom is -0.493 e. The van der Waals surface area contributed by atoms with Crippen molar-refractivity contribution in [2.24, 2.45) is 0 Å². The summed E-state index contributed by atoms with van der Waals surface area (Å²) in [4.78, 5) is 13.0. The topological polar surface area (TPSA) is 84.9 Å². The third-order valence-corrected chi connectivity index (χ3v) is 6.17. The molecule has 0 aliphatic rings. The first kappa shape index (κ1) is 23.5. The maximum atomic E-state index is 13.0. The monoisotopic (exact) mass is 434 g/mol. The highest BCUT2D eigenvalue weighted by molar-refractivity contribution is 7.92. The molecule has 0 radical (unpaired) electrons. The number of hydrogen-bond acceptors (Lipinski definition) is 5. The van der Waals surface area contributed by atoms with Crippen LogP contribution >= 0.6 is 0 Å². The Morgan fingerprint density at radius 3 is 2.23 bits per heavy atom. The van der Waals surface area contributed by atoms with Crippen LogP contribution in [0.5, 0.6) is 11.5 Å². The largest absolute Gasteiger partial charge is 0.493 e. The number of carbonyl (C=O) groups is 1. The second-order valence-electron chi connectivity index (χ2n) is 7.16. The van der Waals surface area contributed by atoms with E-state index in [9.17, 15) is 13.2 Å². The quantitative estimate of drug-likeness (QED) is 0.655. The van der Waals surface area contributed by atoms with Gasteiger partial charge in [0.1, 0.15) is 6.04 Å². The van der Waals surface area contributed by atoms with Gasteiger partial charge in [-0.15, -0.1) is 0 Å². The first-order valence-corrected chi connectivity index (χ1v) is 11.5. The summed E-state index contributed by atoms with van der Waals surface area (Å²) >= 11 is 0. The number of amides is 1. The molecule has 164 valence electrons. The van der Waals surface area contributed by atoms with Gasteiger partial charge in [0.25, 0.3) is 0 Å². The molecule has 0 saturated heterocycles. The van der Waals surface area contributed by atoms with E-state index in [4.69, 9.17) is 9.47 Å². The molecule has 30 heavy (non-hydrogen) atoms. The Morgan fingerprint density at radius 1 is 1.03 bits per heavy atom. The summed E-state index contributed by atoms with van der Waals surface area (Å²) in [7, 11) is -0.575. The van der Waals surface area contributed by atoms with Crippen molar-refractivity contribution in [2.75, 3.05) is 24.8 Å². The van der Waals surface area contributed by atoms with Gasteiger partial charge in [0, 0.05) is 6.54 Å². The molecular formula is C22H30N2O5S. The van der Waals surface area contributed by atoms with Crippen molar-refractivity contribution < 1.29 is 22.7 Å². The molecule has 2 aromatic rings. The lowest BCUT2D eigenvalue weighted by Gasteiger charge is -2.30. The van der Waals surface area contributed by atoms with E-state index in [1.807, 2.05) is 26.0 Å². The minimum atomic E-state index is -3.67. The lowest BCUT2D eigenvalue weighted by molar-refractivity contribution is -0.122. The minimum absolute atomic E-state index is 0.236. The molecule has 2 aromatic carbocycles. The fraction of sp³-hybridized carbons (Fsp3) is 0.409. The molecule has 2 rings (SSSR count). The van der Waals surface area contributed by atoms with Crippen molar-refractivity contribution in [1.82, 2.24) is 5.32 Å². The standard InChI is InChI=1S/C22H30N2O5S/c1-7-19(24(30(6,26)27)18-10-8-15(2)16(3)12-18)22(25)23-14-17-9-11-20(28-4)21(13-17)29-5/h8-13,19H,7,14H2,1-6H3,(H,23,25)/t19-/m0/s1. The number of methoxy groups -OCH3 is 2. The average molecular weight is 435 g/mol. The zero-order valence-corrected chi connectivity index (χ0v) is 19.2. The molecule has 0 heterocycles. The van der Waals surface area contributed by atoms with E-state index in [-0.39, 0.29) is 12.5 Å². The molecule has 0 aliphatic heterocycles. The lowest BCUT2D eigenvalue weighted by Crippen LogP contribution is -2.49. The molecule has 7 nitrogen and oxygen atoms in total. The van der Waals surface area contributed by atoms with Crippen LogP contribution in [0.1, 0.15) is 30.0 Å². The normalized spacial score (nSPS) is 12.2. The number of anilines is 1. The zero-order valence-electron chi connectivity index (χ0n) is 18.4. The fourth-order valence-corrected chi connectivity index (χ4v) is 4.42. The average Bonchev–Trinajstić information content (AvgIpc) is 2.71. The third kappa shape index (κ3) is 5.44. The highest BCUT2D eigenvalue weighted by Crippen LogP contribution is 2.28. The summed E-state index contributed by atoms with van der Waals surface area (Å²) in [6.07, 6.45) is 1.45. The van der Waals surface area contributed by atoms with E-state index in [1.54, 1.807) is 45.4 Å². The molecule has 0 spiro atoms. The lowest BCUT2D eigenvalue weighted by atomic mass is 10.1.